The minimum absolute atomic E-state index is 0.263. The Bertz CT molecular complexity index is 671. The summed E-state index contributed by atoms with van der Waals surface area (Å²) in [7, 11) is 0. The maximum atomic E-state index is 12.4. The zero-order chi connectivity index (χ0) is 16.3. The Morgan fingerprint density at radius 2 is 1.95 bits per heavy atom. The second-order valence-corrected chi connectivity index (χ2v) is 5.80. The molecule has 0 unspecified atom stereocenters. The van der Waals surface area contributed by atoms with E-state index in [2.05, 4.69) is 18.4 Å². The van der Waals surface area contributed by atoms with Crippen molar-refractivity contribution < 1.29 is 14.3 Å². The number of aromatic nitrogens is 1. The molecule has 4 heteroatoms. The molecule has 1 aromatic carbocycles. The molecule has 0 aliphatic carbocycles. The third-order valence-electron chi connectivity index (χ3n) is 3.63. The number of rotatable bonds is 6. The molecule has 0 saturated heterocycles. The van der Waals surface area contributed by atoms with Crippen molar-refractivity contribution in [1.29, 1.82) is 0 Å². The molecule has 0 spiro atoms. The highest BCUT2D eigenvalue weighted by atomic mass is 16.5. The molecule has 0 bridgehead atoms. The summed E-state index contributed by atoms with van der Waals surface area (Å²) in [5.41, 5.74) is 2.66. The number of carbonyl (C=O) groups excluding carboxylic acids is 1. The molecule has 120 valence electrons. The quantitative estimate of drug-likeness (QED) is 0.752. The van der Waals surface area contributed by atoms with Gasteiger partial charge in [0, 0.05) is 23.1 Å². The van der Waals surface area contributed by atoms with Crippen molar-refractivity contribution in [2.24, 2.45) is 5.92 Å². The minimum Gasteiger partial charge on any atom is -0.494 e. The van der Waals surface area contributed by atoms with Gasteiger partial charge in [-0.25, -0.2) is 4.79 Å². The van der Waals surface area contributed by atoms with Gasteiger partial charge in [-0.15, -0.1) is 0 Å². The molecule has 0 radical (unpaired) electrons. The number of hydrogen-bond donors (Lipinski definition) is 0. The second kappa shape index (κ2) is 6.86. The van der Waals surface area contributed by atoms with Crippen LogP contribution in [0.5, 0.6) is 5.75 Å². The van der Waals surface area contributed by atoms with E-state index in [1.54, 1.807) is 0 Å². The molecule has 2 rings (SSSR count). The highest BCUT2D eigenvalue weighted by Crippen LogP contribution is 2.30. The number of esters is 1. The second-order valence-electron chi connectivity index (χ2n) is 5.80. The first-order chi connectivity index (χ1) is 10.5. The molecule has 0 saturated carbocycles. The smallest absolute Gasteiger partial charge is 0.340 e. The maximum Gasteiger partial charge on any atom is 0.340 e. The van der Waals surface area contributed by atoms with E-state index in [0.29, 0.717) is 24.7 Å². The Morgan fingerprint density at radius 1 is 1.23 bits per heavy atom. The lowest BCUT2D eigenvalue weighted by Gasteiger charge is -2.11. The fourth-order valence-electron chi connectivity index (χ4n) is 2.78. The lowest BCUT2D eigenvalue weighted by molar-refractivity contribution is 0.0527. The van der Waals surface area contributed by atoms with Gasteiger partial charge >= 0.3 is 5.97 Å². The summed E-state index contributed by atoms with van der Waals surface area (Å²) in [6.45, 7) is 11.9. The fourth-order valence-corrected chi connectivity index (χ4v) is 2.78. The van der Waals surface area contributed by atoms with E-state index < -0.39 is 0 Å². The predicted octanol–water partition coefficient (Wildman–Crippen LogP) is 4.18. The Labute approximate surface area is 132 Å². The third kappa shape index (κ3) is 3.11. The molecule has 0 aliphatic rings. The van der Waals surface area contributed by atoms with Gasteiger partial charge in [-0.05, 0) is 44.9 Å². The van der Waals surface area contributed by atoms with Crippen molar-refractivity contribution in [3.05, 3.63) is 29.5 Å². The van der Waals surface area contributed by atoms with Gasteiger partial charge in [0.2, 0.25) is 0 Å². The van der Waals surface area contributed by atoms with Crippen LogP contribution < -0.4 is 4.74 Å². The van der Waals surface area contributed by atoms with Gasteiger partial charge in [0.25, 0.3) is 0 Å². The summed E-state index contributed by atoms with van der Waals surface area (Å²) in [5.74, 6) is 1.01. The first kappa shape index (κ1) is 16.4. The lowest BCUT2D eigenvalue weighted by Crippen LogP contribution is -2.09. The topological polar surface area (TPSA) is 40.5 Å². The van der Waals surface area contributed by atoms with Crippen LogP contribution in [0.1, 0.15) is 43.7 Å². The van der Waals surface area contributed by atoms with Gasteiger partial charge in [0.1, 0.15) is 5.75 Å². The van der Waals surface area contributed by atoms with Gasteiger partial charge in [-0.3, -0.25) is 0 Å². The summed E-state index contributed by atoms with van der Waals surface area (Å²) in [6, 6.07) is 5.92. The number of carbonyl (C=O) groups is 1. The summed E-state index contributed by atoms with van der Waals surface area (Å²) in [5, 5.41) is 0.905. The van der Waals surface area contributed by atoms with Crippen LogP contribution in [0.4, 0.5) is 0 Å². The summed E-state index contributed by atoms with van der Waals surface area (Å²) < 4.78 is 13.0. The summed E-state index contributed by atoms with van der Waals surface area (Å²) in [6.07, 6.45) is 0. The van der Waals surface area contributed by atoms with E-state index in [9.17, 15) is 4.79 Å². The molecule has 0 atom stereocenters. The molecule has 0 N–H and O–H groups in total. The van der Waals surface area contributed by atoms with Crippen LogP contribution in [0, 0.1) is 12.8 Å². The van der Waals surface area contributed by atoms with E-state index in [1.165, 1.54) is 0 Å². The van der Waals surface area contributed by atoms with E-state index in [4.69, 9.17) is 9.47 Å². The van der Waals surface area contributed by atoms with E-state index in [0.717, 1.165) is 28.9 Å². The van der Waals surface area contributed by atoms with Gasteiger partial charge in [-0.2, -0.15) is 0 Å². The predicted molar refractivity (Wildman–Crippen MR) is 88.6 cm³/mol. The standard InChI is InChI=1S/C18H25NO3/c1-6-21-14-8-9-16-15(10-14)17(18(20)22-7-2)13(5)19(16)11-12(3)4/h8-10,12H,6-7,11H2,1-5H3. The van der Waals surface area contributed by atoms with Crippen molar-refractivity contribution in [2.75, 3.05) is 13.2 Å². The van der Waals surface area contributed by atoms with Crippen LogP contribution in [-0.4, -0.2) is 23.8 Å². The SMILES string of the molecule is CCOC(=O)c1c(C)n(CC(C)C)c2ccc(OCC)cc12. The Hall–Kier alpha value is -1.97. The van der Waals surface area contributed by atoms with Crippen LogP contribution >= 0.6 is 0 Å². The lowest BCUT2D eigenvalue weighted by atomic mass is 10.1. The van der Waals surface area contributed by atoms with Gasteiger partial charge in [0.15, 0.2) is 0 Å². The first-order valence-corrected chi connectivity index (χ1v) is 7.92. The van der Waals surface area contributed by atoms with E-state index in [1.807, 2.05) is 39.0 Å². The highest BCUT2D eigenvalue weighted by Gasteiger charge is 2.21. The van der Waals surface area contributed by atoms with Crippen molar-refractivity contribution in [3.63, 3.8) is 0 Å². The highest BCUT2D eigenvalue weighted by molar-refractivity contribution is 6.06. The van der Waals surface area contributed by atoms with Crippen molar-refractivity contribution in [1.82, 2.24) is 4.57 Å². The molecule has 0 amide bonds. The molecule has 4 nitrogen and oxygen atoms in total. The Morgan fingerprint density at radius 3 is 2.55 bits per heavy atom. The zero-order valence-corrected chi connectivity index (χ0v) is 14.1. The maximum absolute atomic E-state index is 12.4. The summed E-state index contributed by atoms with van der Waals surface area (Å²) in [4.78, 5) is 12.4. The zero-order valence-electron chi connectivity index (χ0n) is 14.1. The Balaban J connectivity index is 2.65. The number of ether oxygens (including phenoxy) is 2. The average Bonchev–Trinajstić information content (AvgIpc) is 2.71. The van der Waals surface area contributed by atoms with Crippen LogP contribution in [0.3, 0.4) is 0 Å². The molecule has 0 aliphatic heterocycles. The Kier molecular flexibility index (Phi) is 5.11. The largest absolute Gasteiger partial charge is 0.494 e. The number of fused-ring (bicyclic) bond motifs is 1. The van der Waals surface area contributed by atoms with Gasteiger partial charge in [-0.1, -0.05) is 13.8 Å². The molecule has 2 aromatic rings. The van der Waals surface area contributed by atoms with Crippen molar-refractivity contribution >= 4 is 16.9 Å². The van der Waals surface area contributed by atoms with Crippen molar-refractivity contribution in [2.45, 2.75) is 41.2 Å². The molecular formula is C18H25NO3. The number of benzene rings is 1. The van der Waals surface area contributed by atoms with Gasteiger partial charge < -0.3 is 14.0 Å². The van der Waals surface area contributed by atoms with Crippen LogP contribution in [-0.2, 0) is 11.3 Å². The number of hydrogen-bond acceptors (Lipinski definition) is 3. The molecule has 0 fully saturated rings. The fraction of sp³-hybridized carbons (Fsp3) is 0.500. The van der Waals surface area contributed by atoms with Crippen molar-refractivity contribution in [3.8, 4) is 5.75 Å². The van der Waals surface area contributed by atoms with Crippen LogP contribution in [0.15, 0.2) is 18.2 Å². The summed E-state index contributed by atoms with van der Waals surface area (Å²) >= 11 is 0. The normalized spacial score (nSPS) is 11.2. The monoisotopic (exact) mass is 303 g/mol. The van der Waals surface area contributed by atoms with Crippen LogP contribution in [0.25, 0.3) is 10.9 Å². The minimum atomic E-state index is -0.263. The molecule has 1 heterocycles. The first-order valence-electron chi connectivity index (χ1n) is 7.92. The number of nitrogens with zero attached hydrogens (tertiary/aromatic N) is 1. The molecule has 22 heavy (non-hydrogen) atoms. The van der Waals surface area contributed by atoms with E-state index >= 15 is 0 Å². The average molecular weight is 303 g/mol. The molecule has 1 aromatic heterocycles. The van der Waals surface area contributed by atoms with Crippen LogP contribution in [0.2, 0.25) is 0 Å². The third-order valence-corrected chi connectivity index (χ3v) is 3.63. The van der Waals surface area contributed by atoms with E-state index in [-0.39, 0.29) is 5.97 Å². The molecular weight excluding hydrogens is 278 g/mol. The van der Waals surface area contributed by atoms with Gasteiger partial charge in [0.05, 0.1) is 18.8 Å².